The number of esters is 1. The zero-order chi connectivity index (χ0) is 14.0. The summed E-state index contributed by atoms with van der Waals surface area (Å²) in [6, 6.07) is 3.04. The SMILES string of the molecule is CCOC(=O)c1nc(-c2cc(F)ccc2F)[nH]c1C. The van der Waals surface area contributed by atoms with Crippen molar-refractivity contribution in [2.75, 3.05) is 6.61 Å². The maximum absolute atomic E-state index is 13.6. The summed E-state index contributed by atoms with van der Waals surface area (Å²) in [6.07, 6.45) is 0. The number of rotatable bonds is 3. The van der Waals surface area contributed by atoms with Gasteiger partial charge >= 0.3 is 5.97 Å². The third-order valence-electron chi connectivity index (χ3n) is 2.54. The second-order valence-electron chi connectivity index (χ2n) is 3.90. The molecule has 1 heterocycles. The van der Waals surface area contributed by atoms with Crippen molar-refractivity contribution in [1.82, 2.24) is 9.97 Å². The van der Waals surface area contributed by atoms with E-state index in [1.807, 2.05) is 0 Å². The Morgan fingerprint density at radius 3 is 2.84 bits per heavy atom. The number of hydrogen-bond donors (Lipinski definition) is 1. The van der Waals surface area contributed by atoms with E-state index in [0.29, 0.717) is 5.69 Å². The van der Waals surface area contributed by atoms with Crippen LogP contribution >= 0.6 is 0 Å². The molecule has 0 aliphatic rings. The molecule has 0 bridgehead atoms. The highest BCUT2D eigenvalue weighted by Gasteiger charge is 2.18. The van der Waals surface area contributed by atoms with Crippen molar-refractivity contribution in [3.63, 3.8) is 0 Å². The van der Waals surface area contributed by atoms with Crippen molar-refractivity contribution in [3.05, 3.63) is 41.2 Å². The molecule has 0 unspecified atom stereocenters. The van der Waals surface area contributed by atoms with E-state index in [9.17, 15) is 13.6 Å². The van der Waals surface area contributed by atoms with Gasteiger partial charge in [-0.2, -0.15) is 0 Å². The minimum Gasteiger partial charge on any atom is -0.461 e. The number of benzene rings is 1. The number of aromatic amines is 1. The van der Waals surface area contributed by atoms with Gasteiger partial charge in [0.1, 0.15) is 17.5 Å². The Morgan fingerprint density at radius 2 is 2.16 bits per heavy atom. The van der Waals surface area contributed by atoms with E-state index in [0.717, 1.165) is 18.2 Å². The molecule has 0 radical (unpaired) electrons. The van der Waals surface area contributed by atoms with E-state index in [4.69, 9.17) is 4.74 Å². The Morgan fingerprint density at radius 1 is 1.42 bits per heavy atom. The molecular weight excluding hydrogens is 254 g/mol. The van der Waals surface area contributed by atoms with Crippen LogP contribution in [0.5, 0.6) is 0 Å². The number of halogens is 2. The highest BCUT2D eigenvalue weighted by atomic mass is 19.1. The van der Waals surface area contributed by atoms with Gasteiger partial charge in [-0.15, -0.1) is 0 Å². The molecule has 2 rings (SSSR count). The largest absolute Gasteiger partial charge is 0.461 e. The molecule has 1 N–H and O–H groups in total. The second kappa shape index (κ2) is 5.17. The maximum atomic E-state index is 13.6. The molecule has 6 heteroatoms. The number of aryl methyl sites for hydroxylation is 1. The quantitative estimate of drug-likeness (QED) is 0.869. The van der Waals surface area contributed by atoms with Gasteiger partial charge in [-0.25, -0.2) is 18.6 Å². The summed E-state index contributed by atoms with van der Waals surface area (Å²) in [7, 11) is 0. The average molecular weight is 266 g/mol. The molecule has 0 fully saturated rings. The molecule has 4 nitrogen and oxygen atoms in total. The summed E-state index contributed by atoms with van der Waals surface area (Å²) in [6.45, 7) is 3.50. The highest BCUT2D eigenvalue weighted by Crippen LogP contribution is 2.22. The van der Waals surface area contributed by atoms with E-state index >= 15 is 0 Å². The van der Waals surface area contributed by atoms with Crippen LogP contribution in [0.25, 0.3) is 11.4 Å². The fourth-order valence-corrected chi connectivity index (χ4v) is 1.67. The molecule has 0 atom stereocenters. The third kappa shape index (κ3) is 2.62. The zero-order valence-corrected chi connectivity index (χ0v) is 10.5. The molecular formula is C13H12F2N2O2. The van der Waals surface area contributed by atoms with E-state index in [2.05, 4.69) is 9.97 Å². The lowest BCUT2D eigenvalue weighted by Gasteiger charge is -1.99. The monoisotopic (exact) mass is 266 g/mol. The van der Waals surface area contributed by atoms with Crippen molar-refractivity contribution in [1.29, 1.82) is 0 Å². The number of aromatic nitrogens is 2. The van der Waals surface area contributed by atoms with Crippen LogP contribution in [0.1, 0.15) is 23.1 Å². The number of hydrogen-bond acceptors (Lipinski definition) is 3. The summed E-state index contributed by atoms with van der Waals surface area (Å²) >= 11 is 0. The Labute approximate surface area is 108 Å². The molecule has 0 spiro atoms. The van der Waals surface area contributed by atoms with Crippen LogP contribution in [0.4, 0.5) is 8.78 Å². The Balaban J connectivity index is 2.44. The van der Waals surface area contributed by atoms with E-state index < -0.39 is 17.6 Å². The maximum Gasteiger partial charge on any atom is 0.358 e. The Hall–Kier alpha value is -2.24. The fourth-order valence-electron chi connectivity index (χ4n) is 1.67. The van der Waals surface area contributed by atoms with Crippen molar-refractivity contribution in [2.24, 2.45) is 0 Å². The number of ether oxygens (including phenoxy) is 1. The third-order valence-corrected chi connectivity index (χ3v) is 2.54. The summed E-state index contributed by atoms with van der Waals surface area (Å²) in [4.78, 5) is 18.3. The molecule has 1 aromatic carbocycles. The first-order valence-electron chi connectivity index (χ1n) is 5.72. The highest BCUT2D eigenvalue weighted by molar-refractivity contribution is 5.89. The normalized spacial score (nSPS) is 10.5. The minimum absolute atomic E-state index is 0.0290. The first-order valence-corrected chi connectivity index (χ1v) is 5.72. The molecule has 2 aromatic rings. The van der Waals surface area contributed by atoms with Crippen LogP contribution in [0.3, 0.4) is 0 Å². The lowest BCUT2D eigenvalue weighted by atomic mass is 10.2. The molecule has 0 saturated carbocycles. The summed E-state index contributed by atoms with van der Waals surface area (Å²) in [5.41, 5.74) is 0.483. The van der Waals surface area contributed by atoms with Gasteiger partial charge in [-0.05, 0) is 32.0 Å². The smallest absolute Gasteiger partial charge is 0.358 e. The number of carbonyl (C=O) groups is 1. The predicted molar refractivity (Wildman–Crippen MR) is 64.6 cm³/mol. The summed E-state index contributed by atoms with van der Waals surface area (Å²) < 4.78 is 31.5. The van der Waals surface area contributed by atoms with Gasteiger partial charge in [0.2, 0.25) is 0 Å². The topological polar surface area (TPSA) is 55.0 Å². The molecule has 19 heavy (non-hydrogen) atoms. The zero-order valence-electron chi connectivity index (χ0n) is 10.5. The van der Waals surface area contributed by atoms with E-state index in [-0.39, 0.29) is 23.7 Å². The Kier molecular flexibility index (Phi) is 3.59. The summed E-state index contributed by atoms with van der Waals surface area (Å²) in [5, 5.41) is 0. The number of carbonyl (C=O) groups excluding carboxylic acids is 1. The minimum atomic E-state index is -0.620. The molecule has 100 valence electrons. The fraction of sp³-hybridized carbons (Fsp3) is 0.231. The number of imidazole rings is 1. The van der Waals surface area contributed by atoms with Crippen LogP contribution < -0.4 is 0 Å². The van der Waals surface area contributed by atoms with Gasteiger partial charge in [0.15, 0.2) is 5.69 Å². The van der Waals surface area contributed by atoms with Crippen molar-refractivity contribution >= 4 is 5.97 Å². The van der Waals surface area contributed by atoms with Crippen molar-refractivity contribution in [2.45, 2.75) is 13.8 Å². The second-order valence-corrected chi connectivity index (χ2v) is 3.90. The summed E-state index contributed by atoms with van der Waals surface area (Å²) in [5.74, 6) is -1.70. The van der Waals surface area contributed by atoms with Crippen LogP contribution in [0.2, 0.25) is 0 Å². The van der Waals surface area contributed by atoms with Gasteiger partial charge in [0.25, 0.3) is 0 Å². The number of H-pyrrole nitrogens is 1. The Bertz CT molecular complexity index is 623. The van der Waals surface area contributed by atoms with Gasteiger partial charge in [0, 0.05) is 5.69 Å². The molecule has 0 saturated heterocycles. The van der Waals surface area contributed by atoms with Crippen LogP contribution in [-0.4, -0.2) is 22.5 Å². The molecule has 0 amide bonds. The van der Waals surface area contributed by atoms with Crippen molar-refractivity contribution in [3.8, 4) is 11.4 Å². The van der Waals surface area contributed by atoms with Gasteiger partial charge in [-0.3, -0.25) is 0 Å². The van der Waals surface area contributed by atoms with Gasteiger partial charge in [-0.1, -0.05) is 0 Å². The van der Waals surface area contributed by atoms with Crippen LogP contribution in [0, 0.1) is 18.6 Å². The van der Waals surface area contributed by atoms with Crippen molar-refractivity contribution < 1.29 is 18.3 Å². The standard InChI is InChI=1S/C13H12F2N2O2/c1-3-19-13(18)11-7(2)16-12(17-11)9-6-8(14)4-5-10(9)15/h4-6H,3H2,1-2H3,(H,16,17). The molecule has 0 aliphatic carbocycles. The first kappa shape index (κ1) is 13.2. The molecule has 1 aromatic heterocycles. The molecule has 0 aliphatic heterocycles. The predicted octanol–water partition coefficient (Wildman–Crippen LogP) is 2.84. The van der Waals surface area contributed by atoms with Crippen LogP contribution in [-0.2, 0) is 4.74 Å². The van der Waals surface area contributed by atoms with Gasteiger partial charge < -0.3 is 9.72 Å². The van der Waals surface area contributed by atoms with Gasteiger partial charge in [0.05, 0.1) is 12.2 Å². The number of nitrogens with zero attached hydrogens (tertiary/aromatic N) is 1. The lowest BCUT2D eigenvalue weighted by molar-refractivity contribution is 0.0519. The average Bonchev–Trinajstić information content (AvgIpc) is 2.74. The van der Waals surface area contributed by atoms with Crippen LogP contribution in [0.15, 0.2) is 18.2 Å². The lowest BCUT2D eigenvalue weighted by Crippen LogP contribution is -2.06. The first-order chi connectivity index (χ1) is 9.02. The van der Waals surface area contributed by atoms with E-state index in [1.165, 1.54) is 0 Å². The van der Waals surface area contributed by atoms with E-state index in [1.54, 1.807) is 13.8 Å². The number of nitrogens with one attached hydrogen (secondary N) is 1.